The van der Waals surface area contributed by atoms with Crippen LogP contribution < -0.4 is 4.74 Å². The van der Waals surface area contributed by atoms with E-state index < -0.39 is 0 Å². The zero-order valence-electron chi connectivity index (χ0n) is 16.2. The molecular formula is C21H22N6O2. The van der Waals surface area contributed by atoms with Crippen molar-refractivity contribution in [2.75, 3.05) is 6.61 Å². The van der Waals surface area contributed by atoms with Crippen LogP contribution in [0.5, 0.6) is 5.88 Å². The first kappa shape index (κ1) is 17.8. The number of fused-ring (bicyclic) bond motifs is 2. The largest absolute Gasteiger partial charge is 0.477 e. The Morgan fingerprint density at radius 2 is 2.00 bits per heavy atom. The summed E-state index contributed by atoms with van der Waals surface area (Å²) in [7, 11) is 0. The van der Waals surface area contributed by atoms with Gasteiger partial charge in [-0.2, -0.15) is 10.2 Å². The molecule has 0 aliphatic carbocycles. The van der Waals surface area contributed by atoms with Crippen molar-refractivity contribution in [2.45, 2.75) is 38.3 Å². The molecule has 2 saturated heterocycles. The summed E-state index contributed by atoms with van der Waals surface area (Å²) < 4.78 is 5.89. The molecule has 3 aromatic rings. The van der Waals surface area contributed by atoms with Gasteiger partial charge >= 0.3 is 0 Å². The molecule has 2 aliphatic rings. The molecule has 2 aliphatic heterocycles. The summed E-state index contributed by atoms with van der Waals surface area (Å²) in [5, 5.41) is 8.37. The van der Waals surface area contributed by atoms with Gasteiger partial charge in [0.15, 0.2) is 5.69 Å². The first-order chi connectivity index (χ1) is 14.2. The highest BCUT2D eigenvalue weighted by molar-refractivity contribution is 5.96. The summed E-state index contributed by atoms with van der Waals surface area (Å²) in [4.78, 5) is 25.8. The average Bonchev–Trinajstić information content (AvgIpc) is 3.49. The van der Waals surface area contributed by atoms with Gasteiger partial charge in [-0.1, -0.05) is 6.07 Å². The summed E-state index contributed by atoms with van der Waals surface area (Å²) in [5.74, 6) is 0.880. The maximum atomic E-state index is 13.5. The van der Waals surface area contributed by atoms with Gasteiger partial charge in [0.25, 0.3) is 5.91 Å². The monoisotopic (exact) mass is 390 g/mol. The maximum absolute atomic E-state index is 13.5. The third-order valence-electron chi connectivity index (χ3n) is 5.83. The maximum Gasteiger partial charge on any atom is 0.275 e. The van der Waals surface area contributed by atoms with E-state index in [0.29, 0.717) is 29.8 Å². The number of rotatable bonds is 5. The first-order valence-corrected chi connectivity index (χ1v) is 9.91. The Balaban J connectivity index is 1.38. The lowest BCUT2D eigenvalue weighted by molar-refractivity contribution is 0.0703. The highest BCUT2D eigenvalue weighted by Gasteiger charge is 2.49. The van der Waals surface area contributed by atoms with Crippen LogP contribution in [-0.4, -0.2) is 54.5 Å². The summed E-state index contributed by atoms with van der Waals surface area (Å²) in [5.41, 5.74) is 1.81. The summed E-state index contributed by atoms with van der Waals surface area (Å²) in [6, 6.07) is 9.75. The van der Waals surface area contributed by atoms with Gasteiger partial charge in [-0.25, -0.2) is 9.97 Å². The fourth-order valence-corrected chi connectivity index (χ4v) is 4.56. The van der Waals surface area contributed by atoms with Gasteiger partial charge in [-0.3, -0.25) is 4.79 Å². The minimum atomic E-state index is -0.0474. The fraction of sp³-hybridized carbons (Fsp3) is 0.381. The molecule has 2 fully saturated rings. The Kier molecular flexibility index (Phi) is 4.46. The van der Waals surface area contributed by atoms with E-state index in [1.165, 1.54) is 4.80 Å². The zero-order valence-corrected chi connectivity index (χ0v) is 16.2. The molecule has 148 valence electrons. The summed E-state index contributed by atoms with van der Waals surface area (Å²) >= 11 is 0. The molecule has 8 nitrogen and oxygen atoms in total. The number of aryl methyl sites for hydroxylation is 1. The number of nitrogens with zero attached hydrogens (tertiary/aromatic N) is 6. The zero-order chi connectivity index (χ0) is 19.8. The fourth-order valence-electron chi connectivity index (χ4n) is 4.56. The van der Waals surface area contributed by atoms with Crippen LogP contribution in [-0.2, 0) is 0 Å². The molecule has 2 bridgehead atoms. The highest BCUT2D eigenvalue weighted by Crippen LogP contribution is 2.42. The van der Waals surface area contributed by atoms with E-state index in [0.717, 1.165) is 25.0 Å². The molecular weight excluding hydrogens is 368 g/mol. The van der Waals surface area contributed by atoms with Crippen LogP contribution in [0, 0.1) is 12.8 Å². The average molecular weight is 390 g/mol. The molecule has 0 saturated carbocycles. The van der Waals surface area contributed by atoms with E-state index in [-0.39, 0.29) is 18.0 Å². The number of amides is 1. The van der Waals surface area contributed by atoms with Gasteiger partial charge in [0, 0.05) is 36.0 Å². The summed E-state index contributed by atoms with van der Waals surface area (Å²) in [6.07, 6.45) is 7.88. The Hall–Kier alpha value is -3.29. The lowest BCUT2D eigenvalue weighted by Crippen LogP contribution is -2.38. The van der Waals surface area contributed by atoms with Crippen molar-refractivity contribution in [3.8, 4) is 11.6 Å². The van der Waals surface area contributed by atoms with Crippen molar-refractivity contribution in [1.29, 1.82) is 0 Å². The molecule has 5 rings (SSSR count). The van der Waals surface area contributed by atoms with Crippen molar-refractivity contribution in [3.63, 3.8) is 0 Å². The third-order valence-corrected chi connectivity index (χ3v) is 5.83. The highest BCUT2D eigenvalue weighted by atomic mass is 16.5. The second kappa shape index (κ2) is 7.27. The second-order valence-corrected chi connectivity index (χ2v) is 7.62. The molecule has 3 aromatic heterocycles. The van der Waals surface area contributed by atoms with Crippen molar-refractivity contribution in [2.24, 2.45) is 5.92 Å². The number of carbonyl (C=O) groups excluding carboxylic acids is 1. The number of hydrogen-bond acceptors (Lipinski definition) is 6. The quantitative estimate of drug-likeness (QED) is 0.665. The lowest BCUT2D eigenvalue weighted by atomic mass is 9.90. The second-order valence-electron chi connectivity index (χ2n) is 7.62. The van der Waals surface area contributed by atoms with Gasteiger partial charge in [0.05, 0.1) is 19.0 Å². The van der Waals surface area contributed by atoms with Crippen LogP contribution in [0.4, 0.5) is 0 Å². The minimum absolute atomic E-state index is 0.0474. The van der Waals surface area contributed by atoms with Gasteiger partial charge in [-0.05, 0) is 44.4 Å². The Morgan fingerprint density at radius 3 is 2.79 bits per heavy atom. The van der Waals surface area contributed by atoms with Crippen molar-refractivity contribution in [1.82, 2.24) is 29.9 Å². The van der Waals surface area contributed by atoms with Gasteiger partial charge in [-0.15, -0.1) is 4.80 Å². The van der Waals surface area contributed by atoms with E-state index in [2.05, 4.69) is 20.2 Å². The molecule has 8 heteroatoms. The van der Waals surface area contributed by atoms with Crippen LogP contribution in [0.25, 0.3) is 5.69 Å². The molecule has 29 heavy (non-hydrogen) atoms. The van der Waals surface area contributed by atoms with Crippen LogP contribution in [0.3, 0.4) is 0 Å². The van der Waals surface area contributed by atoms with Crippen LogP contribution >= 0.6 is 0 Å². The standard InChI is InChI=1S/C21H22N6O2/c1-14-5-7-18(27-23-10-11-24-27)20(25-14)21(28)26-16-6-8-17(26)15(12-16)13-29-19-4-2-3-9-22-19/h2-5,7,9-11,15-17H,6,8,12-13H2,1H3/t15-,16+,17-/m1/s1. The normalized spacial score (nSPS) is 22.8. The van der Waals surface area contributed by atoms with E-state index in [1.54, 1.807) is 18.6 Å². The van der Waals surface area contributed by atoms with Crippen molar-refractivity contribution < 1.29 is 9.53 Å². The number of pyridine rings is 2. The summed E-state index contributed by atoms with van der Waals surface area (Å²) in [6.45, 7) is 2.45. The molecule has 0 aromatic carbocycles. The van der Waals surface area contributed by atoms with Crippen LogP contribution in [0.2, 0.25) is 0 Å². The first-order valence-electron chi connectivity index (χ1n) is 9.91. The lowest BCUT2D eigenvalue weighted by Gasteiger charge is -2.25. The molecule has 3 atom stereocenters. The minimum Gasteiger partial charge on any atom is -0.477 e. The predicted octanol–water partition coefficient (Wildman–Crippen LogP) is 2.44. The Morgan fingerprint density at radius 1 is 1.14 bits per heavy atom. The number of ether oxygens (including phenoxy) is 1. The van der Waals surface area contributed by atoms with E-state index in [4.69, 9.17) is 4.74 Å². The van der Waals surface area contributed by atoms with Crippen molar-refractivity contribution in [3.05, 3.63) is 60.3 Å². The topological polar surface area (TPSA) is 86.0 Å². The number of hydrogen-bond donors (Lipinski definition) is 0. The van der Waals surface area contributed by atoms with E-state index in [9.17, 15) is 4.79 Å². The molecule has 0 spiro atoms. The van der Waals surface area contributed by atoms with Crippen LogP contribution in [0.15, 0.2) is 48.9 Å². The van der Waals surface area contributed by atoms with Crippen LogP contribution in [0.1, 0.15) is 35.4 Å². The SMILES string of the molecule is Cc1ccc(-n2nccn2)c(C(=O)N2[C@H]3CC[C@@H]2[C@@H](COc2ccccn2)C3)n1. The van der Waals surface area contributed by atoms with Gasteiger partial charge in [0.2, 0.25) is 5.88 Å². The molecule has 0 unspecified atom stereocenters. The Bertz CT molecular complexity index is 1010. The smallest absolute Gasteiger partial charge is 0.275 e. The molecule has 0 N–H and O–H groups in total. The third kappa shape index (κ3) is 3.24. The van der Waals surface area contributed by atoms with E-state index >= 15 is 0 Å². The Labute approximate surface area is 168 Å². The van der Waals surface area contributed by atoms with Gasteiger partial charge < -0.3 is 9.64 Å². The predicted molar refractivity (Wildman–Crippen MR) is 105 cm³/mol. The molecule has 0 radical (unpaired) electrons. The van der Waals surface area contributed by atoms with Crippen molar-refractivity contribution >= 4 is 5.91 Å². The molecule has 5 heterocycles. The number of carbonyl (C=O) groups is 1. The molecule has 1 amide bonds. The number of aromatic nitrogens is 5. The van der Waals surface area contributed by atoms with E-state index in [1.807, 2.05) is 42.2 Å². The van der Waals surface area contributed by atoms with Gasteiger partial charge in [0.1, 0.15) is 5.69 Å².